The molecule has 1 aliphatic rings. The fourth-order valence-electron chi connectivity index (χ4n) is 2.79. The fourth-order valence-corrected chi connectivity index (χ4v) is 3.92. The van der Waals surface area contributed by atoms with Crippen molar-refractivity contribution in [3.63, 3.8) is 0 Å². The summed E-state index contributed by atoms with van der Waals surface area (Å²) in [5.41, 5.74) is 3.52. The van der Waals surface area contributed by atoms with Crippen LogP contribution in [0.25, 0.3) is 0 Å². The van der Waals surface area contributed by atoms with Crippen LogP contribution in [-0.2, 0) is 4.79 Å². The van der Waals surface area contributed by atoms with Gasteiger partial charge in [0, 0.05) is 49.4 Å². The van der Waals surface area contributed by atoms with Gasteiger partial charge >= 0.3 is 41.6 Å². The molecule has 9 heteroatoms. The summed E-state index contributed by atoms with van der Waals surface area (Å²) in [5, 5.41) is 11.4. The average Bonchev–Trinajstić information content (AvgIpc) is 2.62. The van der Waals surface area contributed by atoms with E-state index in [9.17, 15) is 9.59 Å². The number of rotatable bonds is 4. The second kappa shape index (κ2) is 9.09. The minimum atomic E-state index is -1.08. The molecule has 1 heterocycles. The number of carboxylic acid groups (broad SMARTS) is 1. The van der Waals surface area contributed by atoms with Gasteiger partial charge in [-0.1, -0.05) is 11.8 Å². The molecule has 0 bridgehead atoms. The summed E-state index contributed by atoms with van der Waals surface area (Å²) in [6.45, 7) is -0.432. The van der Waals surface area contributed by atoms with Gasteiger partial charge in [0.05, 0.1) is 11.4 Å². The Kier molecular flexibility index (Phi) is 7.28. The molecule has 7 nitrogen and oxygen atoms in total. The van der Waals surface area contributed by atoms with Gasteiger partial charge in [-0.05, 0) is 36.4 Å². The number of fused-ring (bicyclic) bond motifs is 2. The maximum atomic E-state index is 12.8. The van der Waals surface area contributed by atoms with Crippen molar-refractivity contribution in [3.8, 4) is 0 Å². The summed E-state index contributed by atoms with van der Waals surface area (Å²) in [6.07, 6.45) is 0. The predicted molar refractivity (Wildman–Crippen MR) is 109 cm³/mol. The predicted octanol–water partition coefficient (Wildman–Crippen LogP) is 0.220. The van der Waals surface area contributed by atoms with E-state index in [1.807, 2.05) is 74.4 Å². The smallest absolute Gasteiger partial charge is 0.480 e. The number of carboxylic acids is 1. The van der Waals surface area contributed by atoms with Crippen LogP contribution in [0.2, 0.25) is 0 Å². The Balaban J connectivity index is 0.00000280. The molecule has 2 aromatic carbocycles. The standard InChI is InChI=1S/C19H22N4O3S.Na/c1-21(2)12-5-7-14-16(9-12)27-17-10-13(22(3)4)6-8-15(17)23(14)19(26)20-11-18(24)25;/h5-10H,11H2,1-4H3,(H,20,26)(H,24,25);/q;+1. The number of benzene rings is 2. The number of hydrogen-bond acceptors (Lipinski definition) is 5. The zero-order valence-electron chi connectivity index (χ0n) is 16.7. The van der Waals surface area contributed by atoms with Gasteiger partial charge in [-0.2, -0.15) is 0 Å². The number of amides is 2. The molecule has 1 aliphatic heterocycles. The molecule has 0 fully saturated rings. The van der Waals surface area contributed by atoms with Crippen LogP contribution in [0.5, 0.6) is 0 Å². The molecule has 0 aliphatic carbocycles. The molecule has 0 aromatic heterocycles. The Morgan fingerprint density at radius 3 is 1.82 bits per heavy atom. The molecule has 0 saturated carbocycles. The first-order valence-electron chi connectivity index (χ1n) is 8.38. The van der Waals surface area contributed by atoms with Crippen molar-refractivity contribution in [1.29, 1.82) is 0 Å². The monoisotopic (exact) mass is 409 g/mol. The first-order valence-corrected chi connectivity index (χ1v) is 9.20. The van der Waals surface area contributed by atoms with Crippen LogP contribution >= 0.6 is 11.8 Å². The Morgan fingerprint density at radius 1 is 0.964 bits per heavy atom. The molecule has 2 aromatic rings. The zero-order valence-corrected chi connectivity index (χ0v) is 19.5. The second-order valence-electron chi connectivity index (χ2n) is 6.58. The number of carbonyl (C=O) groups excluding carboxylic acids is 1. The number of carbonyl (C=O) groups is 2. The van der Waals surface area contributed by atoms with Crippen LogP contribution in [-0.4, -0.2) is 51.8 Å². The molecule has 0 spiro atoms. The van der Waals surface area contributed by atoms with E-state index >= 15 is 0 Å². The topological polar surface area (TPSA) is 76.1 Å². The van der Waals surface area contributed by atoms with Crippen LogP contribution in [0.4, 0.5) is 27.5 Å². The Bertz CT molecular complexity index is 847. The molecular weight excluding hydrogens is 387 g/mol. The molecule has 0 saturated heterocycles. The van der Waals surface area contributed by atoms with Gasteiger partial charge < -0.3 is 20.2 Å². The molecule has 3 rings (SSSR count). The van der Waals surface area contributed by atoms with Gasteiger partial charge in [-0.15, -0.1) is 0 Å². The molecule has 0 atom stereocenters. The number of hydrogen-bond donors (Lipinski definition) is 2. The van der Waals surface area contributed by atoms with Crippen LogP contribution < -0.4 is 49.6 Å². The summed E-state index contributed by atoms with van der Waals surface area (Å²) in [7, 11) is 7.85. The quantitative estimate of drug-likeness (QED) is 0.704. The van der Waals surface area contributed by atoms with Gasteiger partial charge in [0.15, 0.2) is 0 Å². The first-order chi connectivity index (χ1) is 12.8. The third-order valence-corrected chi connectivity index (χ3v) is 5.31. The summed E-state index contributed by atoms with van der Waals surface area (Å²) in [6, 6.07) is 11.3. The van der Waals surface area contributed by atoms with Crippen molar-refractivity contribution >= 4 is 46.5 Å². The van der Waals surface area contributed by atoms with Crippen LogP contribution in [0, 0.1) is 0 Å². The maximum absolute atomic E-state index is 12.8. The molecule has 2 N–H and O–H groups in total. The third-order valence-electron chi connectivity index (χ3n) is 4.22. The Hall–Kier alpha value is -1.87. The van der Waals surface area contributed by atoms with Crippen molar-refractivity contribution in [2.45, 2.75) is 9.79 Å². The van der Waals surface area contributed by atoms with E-state index in [0.29, 0.717) is 0 Å². The van der Waals surface area contributed by atoms with Gasteiger partial charge in [0.2, 0.25) is 0 Å². The zero-order chi connectivity index (χ0) is 19.7. The number of aliphatic carboxylic acids is 1. The van der Waals surface area contributed by atoms with E-state index in [2.05, 4.69) is 5.32 Å². The van der Waals surface area contributed by atoms with Gasteiger partial charge in [0.25, 0.3) is 0 Å². The minimum Gasteiger partial charge on any atom is -0.480 e. The van der Waals surface area contributed by atoms with Crippen LogP contribution in [0.15, 0.2) is 46.2 Å². The van der Waals surface area contributed by atoms with Crippen molar-refractivity contribution in [2.24, 2.45) is 0 Å². The van der Waals surface area contributed by atoms with E-state index in [0.717, 1.165) is 32.5 Å². The number of nitrogens with one attached hydrogen (secondary N) is 1. The normalized spacial score (nSPS) is 11.6. The molecule has 0 unspecified atom stereocenters. The Labute approximate surface area is 191 Å². The number of nitrogens with zero attached hydrogens (tertiary/aromatic N) is 3. The molecular formula is C19H22N4NaO3S+. The van der Waals surface area contributed by atoms with Crippen molar-refractivity contribution in [2.75, 3.05) is 49.4 Å². The largest absolute Gasteiger partial charge is 1.00 e. The maximum Gasteiger partial charge on any atom is 1.00 e. The summed E-state index contributed by atoms with van der Waals surface area (Å²) >= 11 is 1.60. The van der Waals surface area contributed by atoms with E-state index < -0.39 is 18.5 Å². The van der Waals surface area contributed by atoms with Crippen molar-refractivity contribution in [1.82, 2.24) is 5.32 Å². The van der Waals surface area contributed by atoms with E-state index in [1.54, 1.807) is 16.7 Å². The van der Waals surface area contributed by atoms with Crippen molar-refractivity contribution in [3.05, 3.63) is 36.4 Å². The summed E-state index contributed by atoms with van der Waals surface area (Å²) in [4.78, 5) is 31.1. The minimum absolute atomic E-state index is 0. The summed E-state index contributed by atoms with van der Waals surface area (Å²) in [5.74, 6) is -1.08. The van der Waals surface area contributed by atoms with Gasteiger partial charge in [-0.25, -0.2) is 4.79 Å². The van der Waals surface area contributed by atoms with E-state index in [-0.39, 0.29) is 29.6 Å². The number of urea groups is 1. The molecule has 28 heavy (non-hydrogen) atoms. The second-order valence-corrected chi connectivity index (χ2v) is 7.67. The SMILES string of the molecule is CN(C)c1ccc2c(c1)Sc1cc(N(C)C)ccc1N2C(=O)NCC(=O)O.[Na+]. The number of anilines is 4. The van der Waals surface area contributed by atoms with E-state index in [1.165, 1.54) is 0 Å². The van der Waals surface area contributed by atoms with Gasteiger partial charge in [-0.3, -0.25) is 9.69 Å². The molecule has 0 radical (unpaired) electrons. The third kappa shape index (κ3) is 4.57. The van der Waals surface area contributed by atoms with Crippen LogP contribution in [0.3, 0.4) is 0 Å². The van der Waals surface area contributed by atoms with Crippen molar-refractivity contribution < 1.29 is 44.3 Å². The van der Waals surface area contributed by atoms with Gasteiger partial charge in [0.1, 0.15) is 6.54 Å². The fraction of sp³-hybridized carbons (Fsp3) is 0.263. The molecule has 2 amide bonds. The molecule has 142 valence electrons. The average molecular weight is 409 g/mol. The summed E-state index contributed by atoms with van der Waals surface area (Å²) < 4.78 is 0. The first kappa shape index (κ1) is 22.4. The van der Waals surface area contributed by atoms with E-state index in [4.69, 9.17) is 5.11 Å². The Morgan fingerprint density at radius 2 is 1.43 bits per heavy atom. The van der Waals surface area contributed by atoms with Crippen LogP contribution in [0.1, 0.15) is 0 Å².